The van der Waals surface area contributed by atoms with Gasteiger partial charge in [0.15, 0.2) is 5.65 Å². The third-order valence-electron chi connectivity index (χ3n) is 6.64. The molecular weight excluding hydrogens is 456 g/mol. The number of hydrogen-bond acceptors (Lipinski definition) is 5. The zero-order valence-electron chi connectivity index (χ0n) is 19.2. The number of anilines is 1. The van der Waals surface area contributed by atoms with Crippen molar-refractivity contribution in [2.75, 3.05) is 31.1 Å². The van der Waals surface area contributed by atoms with Gasteiger partial charge < -0.3 is 4.90 Å². The zero-order chi connectivity index (χ0) is 23.6. The van der Waals surface area contributed by atoms with Gasteiger partial charge in [0, 0.05) is 31.2 Å². The molecule has 0 amide bonds. The molecule has 0 spiro atoms. The normalized spacial score (nSPS) is 15.4. The molecule has 3 heterocycles. The fraction of sp³-hybridized carbons (Fsp3) is 0.179. The summed E-state index contributed by atoms with van der Waals surface area (Å²) in [6, 6.07) is 29.0. The average molecular weight is 481 g/mol. The average Bonchev–Trinajstić information content (AvgIpc) is 3.36. The maximum absolute atomic E-state index is 6.67. The smallest absolute Gasteiger partial charge is 0.168 e. The quantitative estimate of drug-likeness (QED) is 0.338. The van der Waals surface area contributed by atoms with E-state index in [0.717, 1.165) is 59.3 Å². The van der Waals surface area contributed by atoms with Gasteiger partial charge >= 0.3 is 0 Å². The van der Waals surface area contributed by atoms with Crippen molar-refractivity contribution < 1.29 is 0 Å². The molecule has 1 fully saturated rings. The van der Waals surface area contributed by atoms with Gasteiger partial charge in [0.1, 0.15) is 12.1 Å². The highest BCUT2D eigenvalue weighted by molar-refractivity contribution is 6.31. The largest absolute Gasteiger partial charge is 0.353 e. The zero-order valence-corrected chi connectivity index (χ0v) is 20.0. The molecule has 6 nitrogen and oxygen atoms in total. The third-order valence-corrected chi connectivity index (χ3v) is 6.98. The van der Waals surface area contributed by atoms with E-state index < -0.39 is 0 Å². The predicted octanol–water partition coefficient (Wildman–Crippen LogP) is 5.38. The van der Waals surface area contributed by atoms with E-state index in [-0.39, 0.29) is 6.04 Å². The summed E-state index contributed by atoms with van der Waals surface area (Å²) in [7, 11) is 0. The molecule has 1 aliphatic heterocycles. The molecule has 1 saturated heterocycles. The minimum absolute atomic E-state index is 0.110. The molecule has 174 valence electrons. The van der Waals surface area contributed by atoms with Crippen LogP contribution in [0.15, 0.2) is 97.5 Å². The van der Waals surface area contributed by atoms with Gasteiger partial charge in [-0.25, -0.2) is 14.6 Å². The number of aromatic nitrogens is 4. The van der Waals surface area contributed by atoms with Gasteiger partial charge in [0.25, 0.3) is 0 Å². The number of fused-ring (bicyclic) bond motifs is 1. The molecule has 1 atom stereocenters. The lowest BCUT2D eigenvalue weighted by atomic mass is 9.96. The first-order valence-corrected chi connectivity index (χ1v) is 12.2. The van der Waals surface area contributed by atoms with E-state index in [1.54, 1.807) is 6.33 Å². The second kappa shape index (κ2) is 9.49. The first-order valence-electron chi connectivity index (χ1n) is 11.8. The van der Waals surface area contributed by atoms with E-state index in [1.807, 2.05) is 53.3 Å². The van der Waals surface area contributed by atoms with Gasteiger partial charge in [0.2, 0.25) is 0 Å². The molecule has 0 aliphatic carbocycles. The lowest BCUT2D eigenvalue weighted by molar-refractivity contribution is 0.212. The maximum atomic E-state index is 6.67. The molecule has 5 aromatic rings. The molecular formula is C28H25ClN6. The summed E-state index contributed by atoms with van der Waals surface area (Å²) in [6.45, 7) is 3.50. The van der Waals surface area contributed by atoms with E-state index in [0.29, 0.717) is 0 Å². The van der Waals surface area contributed by atoms with Crippen molar-refractivity contribution in [3.63, 3.8) is 0 Å². The fourth-order valence-electron chi connectivity index (χ4n) is 4.95. The van der Waals surface area contributed by atoms with Crippen LogP contribution in [-0.4, -0.2) is 50.8 Å². The van der Waals surface area contributed by atoms with Crippen molar-refractivity contribution in [1.29, 1.82) is 0 Å². The van der Waals surface area contributed by atoms with Crippen molar-refractivity contribution in [1.82, 2.24) is 24.6 Å². The maximum Gasteiger partial charge on any atom is 0.168 e. The number of para-hydroxylation sites is 1. The highest BCUT2D eigenvalue weighted by Gasteiger charge is 2.29. The van der Waals surface area contributed by atoms with E-state index in [2.05, 4.69) is 67.3 Å². The summed E-state index contributed by atoms with van der Waals surface area (Å²) in [5, 5.41) is 6.38. The van der Waals surface area contributed by atoms with Crippen molar-refractivity contribution in [2.45, 2.75) is 6.04 Å². The van der Waals surface area contributed by atoms with E-state index >= 15 is 0 Å². The topological polar surface area (TPSA) is 50.1 Å². The first kappa shape index (κ1) is 21.8. The molecule has 0 N–H and O–H groups in total. The van der Waals surface area contributed by atoms with Gasteiger partial charge in [-0.3, -0.25) is 4.90 Å². The lowest BCUT2D eigenvalue weighted by Gasteiger charge is -2.40. The number of piperazine rings is 1. The summed E-state index contributed by atoms with van der Waals surface area (Å²) < 4.78 is 1.87. The number of hydrogen-bond donors (Lipinski definition) is 0. The number of halogens is 1. The highest BCUT2D eigenvalue weighted by Crippen LogP contribution is 2.35. The highest BCUT2D eigenvalue weighted by atomic mass is 35.5. The second-order valence-corrected chi connectivity index (χ2v) is 9.09. The summed E-state index contributed by atoms with van der Waals surface area (Å²) in [6.07, 6.45) is 3.52. The summed E-state index contributed by atoms with van der Waals surface area (Å²) in [5.41, 5.74) is 4.20. The van der Waals surface area contributed by atoms with E-state index in [4.69, 9.17) is 11.6 Å². The Morgan fingerprint density at radius 1 is 0.743 bits per heavy atom. The van der Waals surface area contributed by atoms with Crippen molar-refractivity contribution in [2.24, 2.45) is 0 Å². The molecule has 7 heteroatoms. The van der Waals surface area contributed by atoms with E-state index in [9.17, 15) is 0 Å². The van der Waals surface area contributed by atoms with Crippen LogP contribution >= 0.6 is 11.6 Å². The molecule has 3 aromatic carbocycles. The van der Waals surface area contributed by atoms with Crippen LogP contribution in [0.2, 0.25) is 5.02 Å². The summed E-state index contributed by atoms with van der Waals surface area (Å²) >= 11 is 6.67. The summed E-state index contributed by atoms with van der Waals surface area (Å²) in [5.74, 6) is 0.936. The lowest BCUT2D eigenvalue weighted by Crippen LogP contribution is -2.48. The van der Waals surface area contributed by atoms with Gasteiger partial charge in [-0.05, 0) is 29.3 Å². The van der Waals surface area contributed by atoms with E-state index in [1.165, 1.54) is 5.56 Å². The Hall–Kier alpha value is -3.74. The minimum atomic E-state index is 0.110. The third kappa shape index (κ3) is 4.16. The minimum Gasteiger partial charge on any atom is -0.353 e. The van der Waals surface area contributed by atoms with Crippen molar-refractivity contribution in [3.8, 4) is 5.69 Å². The molecule has 0 unspecified atom stereocenters. The van der Waals surface area contributed by atoms with Gasteiger partial charge in [0.05, 0.1) is 23.3 Å². The van der Waals surface area contributed by atoms with Crippen LogP contribution in [0.4, 0.5) is 5.82 Å². The number of rotatable bonds is 5. The van der Waals surface area contributed by atoms with Gasteiger partial charge in [-0.2, -0.15) is 5.10 Å². The van der Waals surface area contributed by atoms with Crippen LogP contribution in [0, 0.1) is 0 Å². The fourth-order valence-corrected chi connectivity index (χ4v) is 5.19. The first-order chi connectivity index (χ1) is 17.3. The SMILES string of the molecule is Clc1ccccc1[C@@H](c1ccccc1)N1CCN(c2ncnc3c2cnn3-c2ccccc2)CC1. The second-order valence-electron chi connectivity index (χ2n) is 8.68. The number of benzene rings is 3. The van der Waals surface area contributed by atoms with Crippen molar-refractivity contribution >= 4 is 28.5 Å². The Morgan fingerprint density at radius 3 is 2.17 bits per heavy atom. The molecule has 2 aromatic heterocycles. The monoisotopic (exact) mass is 480 g/mol. The Kier molecular flexibility index (Phi) is 5.90. The Morgan fingerprint density at radius 2 is 1.43 bits per heavy atom. The summed E-state index contributed by atoms with van der Waals surface area (Å²) in [4.78, 5) is 14.1. The van der Waals surface area contributed by atoms with Crippen LogP contribution < -0.4 is 4.90 Å². The molecule has 6 rings (SSSR count). The van der Waals surface area contributed by atoms with Gasteiger partial charge in [-0.1, -0.05) is 78.3 Å². The van der Waals surface area contributed by atoms with Crippen LogP contribution in [0.3, 0.4) is 0 Å². The number of nitrogens with zero attached hydrogens (tertiary/aromatic N) is 6. The molecule has 0 bridgehead atoms. The Bertz CT molecular complexity index is 1430. The molecule has 35 heavy (non-hydrogen) atoms. The van der Waals surface area contributed by atoms with Gasteiger partial charge in [-0.15, -0.1) is 0 Å². The van der Waals surface area contributed by atoms with Crippen molar-refractivity contribution in [3.05, 3.63) is 114 Å². The molecule has 0 radical (unpaired) electrons. The Labute approximate surface area is 209 Å². The van der Waals surface area contributed by atoms with Crippen LogP contribution in [0.25, 0.3) is 16.7 Å². The van der Waals surface area contributed by atoms with Crippen LogP contribution in [0.5, 0.6) is 0 Å². The van der Waals surface area contributed by atoms with Crippen LogP contribution in [0.1, 0.15) is 17.2 Å². The molecule has 0 saturated carbocycles. The molecule has 1 aliphatic rings. The van der Waals surface area contributed by atoms with Crippen LogP contribution in [-0.2, 0) is 0 Å². The standard InChI is InChI=1S/C28H25ClN6/c29-25-14-8-7-13-23(25)26(21-9-3-1-4-10-21)33-15-17-34(18-16-33)27-24-19-32-35(28(24)31-20-30-27)22-11-5-2-6-12-22/h1-14,19-20,26H,15-18H2/t26-/m1/s1. The Balaban J connectivity index is 1.28. The predicted molar refractivity (Wildman–Crippen MR) is 140 cm³/mol.